The zero-order chi connectivity index (χ0) is 63.2. The third-order valence-corrected chi connectivity index (χ3v) is 17.3. The number of esters is 4. The van der Waals surface area contributed by atoms with Gasteiger partial charge in [0.1, 0.15) is 19.3 Å². The third kappa shape index (κ3) is 59.5. The van der Waals surface area contributed by atoms with Crippen LogP contribution in [0.5, 0.6) is 0 Å². The minimum absolute atomic E-state index is 0.103. The summed E-state index contributed by atoms with van der Waals surface area (Å²) in [6.07, 6.45) is 36.3. The van der Waals surface area contributed by atoms with E-state index in [1.165, 1.54) is 109 Å². The average molecular weight is 1260 g/mol. The fourth-order valence-corrected chi connectivity index (χ4v) is 11.3. The molecule has 0 aliphatic carbocycles. The molecule has 85 heavy (non-hydrogen) atoms. The molecule has 0 aromatic carbocycles. The van der Waals surface area contributed by atoms with Crippen molar-refractivity contribution >= 4 is 39.5 Å². The average Bonchev–Trinajstić information content (AvgIpc) is 3.57. The van der Waals surface area contributed by atoms with Gasteiger partial charge in [-0.1, -0.05) is 267 Å². The number of rotatable bonds is 63. The van der Waals surface area contributed by atoms with Crippen LogP contribution in [0, 0.1) is 23.7 Å². The van der Waals surface area contributed by atoms with Gasteiger partial charge in [0.2, 0.25) is 0 Å². The van der Waals surface area contributed by atoms with Gasteiger partial charge in [-0.2, -0.15) is 0 Å². The third-order valence-electron chi connectivity index (χ3n) is 15.4. The lowest BCUT2D eigenvalue weighted by atomic mass is 9.99. The molecule has 0 aromatic rings. The number of carbonyl (C=O) groups excluding carboxylic acids is 4. The van der Waals surface area contributed by atoms with Crippen LogP contribution in [0.2, 0.25) is 0 Å². The second-order valence-corrected chi connectivity index (χ2v) is 28.4. The Balaban J connectivity index is 5.25. The summed E-state index contributed by atoms with van der Waals surface area (Å²) in [7, 11) is -9.89. The molecule has 0 aromatic heterocycles. The van der Waals surface area contributed by atoms with E-state index in [1.54, 1.807) is 0 Å². The Morgan fingerprint density at radius 2 is 0.565 bits per heavy atom. The monoisotopic (exact) mass is 1250 g/mol. The Morgan fingerprint density at radius 3 is 0.835 bits per heavy atom. The normalized spacial score (nSPS) is 14.7. The fraction of sp³-hybridized carbons (Fsp3) is 0.939. The summed E-state index contributed by atoms with van der Waals surface area (Å²) in [5.41, 5.74) is 0. The Kier molecular flexibility index (Phi) is 54.8. The zero-order valence-corrected chi connectivity index (χ0v) is 57.0. The largest absolute Gasteiger partial charge is 0.472 e. The molecule has 0 saturated heterocycles. The first-order valence-corrected chi connectivity index (χ1v) is 37.2. The van der Waals surface area contributed by atoms with Crippen LogP contribution < -0.4 is 0 Å². The second kappa shape index (κ2) is 56.1. The minimum atomic E-state index is -4.95. The molecular formula is C66H128O17P2. The van der Waals surface area contributed by atoms with Crippen molar-refractivity contribution < 1.29 is 80.2 Å². The number of hydrogen-bond acceptors (Lipinski definition) is 15. The first-order valence-electron chi connectivity index (χ1n) is 34.2. The first-order chi connectivity index (χ1) is 40.6. The van der Waals surface area contributed by atoms with Crippen LogP contribution in [-0.4, -0.2) is 96.7 Å². The van der Waals surface area contributed by atoms with Gasteiger partial charge in [0, 0.05) is 25.7 Å². The summed E-state index contributed by atoms with van der Waals surface area (Å²) in [6, 6.07) is 0. The number of ether oxygens (including phenoxy) is 4. The van der Waals surface area contributed by atoms with Crippen molar-refractivity contribution in [3.05, 3.63) is 0 Å². The van der Waals surface area contributed by atoms with Crippen molar-refractivity contribution in [2.75, 3.05) is 39.6 Å². The maximum atomic E-state index is 13.0. The summed E-state index contributed by atoms with van der Waals surface area (Å²) < 4.78 is 68.1. The number of phosphoric acid groups is 2. The van der Waals surface area contributed by atoms with Gasteiger partial charge in [-0.3, -0.25) is 37.3 Å². The summed E-state index contributed by atoms with van der Waals surface area (Å²) in [5, 5.41) is 10.5. The van der Waals surface area contributed by atoms with Crippen LogP contribution in [0.3, 0.4) is 0 Å². The number of phosphoric ester groups is 2. The van der Waals surface area contributed by atoms with Gasteiger partial charge in [-0.15, -0.1) is 0 Å². The summed E-state index contributed by atoms with van der Waals surface area (Å²) >= 11 is 0. The topological polar surface area (TPSA) is 237 Å². The molecule has 0 amide bonds. The maximum Gasteiger partial charge on any atom is 0.472 e. The summed E-state index contributed by atoms with van der Waals surface area (Å²) in [4.78, 5) is 72.3. The van der Waals surface area contributed by atoms with Crippen LogP contribution in [-0.2, 0) is 65.4 Å². The van der Waals surface area contributed by atoms with E-state index in [0.29, 0.717) is 37.5 Å². The standard InChI is InChI=1S/C66H128O17P2/c1-9-59(8)45-37-29-20-15-16-22-33-41-49-66(71)83-61(52-76-63(68)46-38-30-23-17-19-27-35-43-57(4)5)54-80-84(72,73)78-50-60(67)51-79-85(74,75)81-55-62(53-77-64(69)47-39-31-25-24-28-36-44-58(6)7)82-65(70)48-40-32-21-14-12-10-11-13-18-26-34-42-56(2)3/h56-62,67H,9-55H2,1-8H3,(H,72,73)(H,74,75)/t59?,60-,61-,62-/m1/s1. The summed E-state index contributed by atoms with van der Waals surface area (Å²) in [5.74, 6) is 0.781. The van der Waals surface area contributed by atoms with E-state index in [9.17, 15) is 43.2 Å². The van der Waals surface area contributed by atoms with E-state index < -0.39 is 97.5 Å². The Morgan fingerprint density at radius 1 is 0.329 bits per heavy atom. The van der Waals surface area contributed by atoms with Gasteiger partial charge >= 0.3 is 39.5 Å². The maximum absolute atomic E-state index is 13.0. The predicted octanol–water partition coefficient (Wildman–Crippen LogP) is 18.1. The number of carbonyl (C=O) groups is 4. The lowest BCUT2D eigenvalue weighted by Crippen LogP contribution is -2.30. The van der Waals surface area contributed by atoms with Crippen molar-refractivity contribution in [3.8, 4) is 0 Å². The molecule has 0 spiro atoms. The number of unbranched alkanes of at least 4 members (excludes halogenated alkanes) is 28. The molecule has 504 valence electrons. The predicted molar refractivity (Wildman–Crippen MR) is 340 cm³/mol. The molecule has 17 nitrogen and oxygen atoms in total. The molecular weight excluding hydrogens is 1130 g/mol. The molecule has 0 heterocycles. The van der Waals surface area contributed by atoms with E-state index in [1.807, 2.05) is 0 Å². The number of hydrogen-bond donors (Lipinski definition) is 3. The molecule has 0 aliphatic heterocycles. The van der Waals surface area contributed by atoms with Gasteiger partial charge in [0.25, 0.3) is 0 Å². The van der Waals surface area contributed by atoms with Crippen molar-refractivity contribution in [1.29, 1.82) is 0 Å². The molecule has 3 N–H and O–H groups in total. The zero-order valence-electron chi connectivity index (χ0n) is 55.2. The molecule has 0 rings (SSSR count). The van der Waals surface area contributed by atoms with Crippen molar-refractivity contribution in [2.45, 2.75) is 337 Å². The van der Waals surface area contributed by atoms with E-state index in [2.05, 4.69) is 55.4 Å². The molecule has 0 saturated carbocycles. The quantitative estimate of drug-likeness (QED) is 0.0222. The molecule has 19 heteroatoms. The Labute approximate surface area is 517 Å². The first kappa shape index (κ1) is 83.1. The van der Waals surface area contributed by atoms with E-state index >= 15 is 0 Å². The minimum Gasteiger partial charge on any atom is -0.462 e. The van der Waals surface area contributed by atoms with Crippen LogP contribution >= 0.6 is 15.6 Å². The van der Waals surface area contributed by atoms with E-state index in [-0.39, 0.29) is 25.7 Å². The molecule has 0 fully saturated rings. The van der Waals surface area contributed by atoms with Crippen molar-refractivity contribution in [3.63, 3.8) is 0 Å². The highest BCUT2D eigenvalue weighted by atomic mass is 31.2. The van der Waals surface area contributed by atoms with Gasteiger partial charge in [0.15, 0.2) is 12.2 Å². The van der Waals surface area contributed by atoms with Crippen LogP contribution in [0.15, 0.2) is 0 Å². The van der Waals surface area contributed by atoms with E-state index in [4.69, 9.17) is 37.0 Å². The Bertz CT molecular complexity index is 1700. The molecule has 0 radical (unpaired) electrons. The lowest BCUT2D eigenvalue weighted by Gasteiger charge is -2.21. The van der Waals surface area contributed by atoms with Crippen LogP contribution in [0.25, 0.3) is 0 Å². The second-order valence-electron chi connectivity index (χ2n) is 25.5. The smallest absolute Gasteiger partial charge is 0.462 e. The van der Waals surface area contributed by atoms with Gasteiger partial charge in [0.05, 0.1) is 26.4 Å². The lowest BCUT2D eigenvalue weighted by molar-refractivity contribution is -0.161. The number of aliphatic hydroxyl groups excluding tert-OH is 1. The van der Waals surface area contributed by atoms with Gasteiger partial charge in [-0.05, 0) is 49.4 Å². The van der Waals surface area contributed by atoms with Crippen LogP contribution in [0.4, 0.5) is 0 Å². The molecule has 0 bridgehead atoms. The van der Waals surface area contributed by atoms with Crippen molar-refractivity contribution in [1.82, 2.24) is 0 Å². The number of aliphatic hydroxyl groups is 1. The van der Waals surface area contributed by atoms with Crippen molar-refractivity contribution in [2.24, 2.45) is 23.7 Å². The SMILES string of the molecule is CCC(C)CCCCCCCCCCC(=O)O[C@H](COC(=O)CCCCCCCCCC(C)C)COP(=O)(O)OC[C@@H](O)COP(=O)(O)OC[C@@H](COC(=O)CCCCCCCCC(C)C)OC(=O)CCCCCCCCCCCCCC(C)C. The molecule has 6 atom stereocenters. The van der Waals surface area contributed by atoms with Gasteiger partial charge < -0.3 is 33.8 Å². The highest BCUT2D eigenvalue weighted by Gasteiger charge is 2.30. The van der Waals surface area contributed by atoms with Crippen LogP contribution in [0.1, 0.15) is 319 Å². The van der Waals surface area contributed by atoms with E-state index in [0.717, 1.165) is 115 Å². The fourth-order valence-electron chi connectivity index (χ4n) is 9.75. The highest BCUT2D eigenvalue weighted by molar-refractivity contribution is 7.47. The summed E-state index contributed by atoms with van der Waals surface area (Å²) in [6.45, 7) is 14.0. The highest BCUT2D eigenvalue weighted by Crippen LogP contribution is 2.45. The van der Waals surface area contributed by atoms with Gasteiger partial charge in [-0.25, -0.2) is 9.13 Å². The Hall–Kier alpha value is -1.94. The molecule has 3 unspecified atom stereocenters. The molecule has 0 aliphatic rings.